The molecule has 7 heteroatoms. The van der Waals surface area contributed by atoms with Crippen LogP contribution in [0.2, 0.25) is 0 Å². The molecule has 1 aliphatic carbocycles. The number of fused-ring (bicyclic) bond motifs is 2. The molecular formula is C20H20FN5O. The molecule has 0 bridgehead atoms. The summed E-state index contributed by atoms with van der Waals surface area (Å²) in [5.41, 5.74) is 3.88. The molecule has 3 heterocycles. The molecule has 0 spiro atoms. The first kappa shape index (κ1) is 16.4. The van der Waals surface area contributed by atoms with Crippen molar-refractivity contribution in [1.82, 2.24) is 20.0 Å². The van der Waals surface area contributed by atoms with Crippen LogP contribution in [0.25, 0.3) is 22.2 Å². The molecule has 2 fully saturated rings. The van der Waals surface area contributed by atoms with Crippen LogP contribution in [-0.2, 0) is 0 Å². The maximum atomic E-state index is 14.0. The van der Waals surface area contributed by atoms with Crippen LogP contribution in [0.3, 0.4) is 0 Å². The molecule has 138 valence electrons. The smallest absolute Gasteiger partial charge is 0.257 e. The molecule has 1 aliphatic heterocycles. The van der Waals surface area contributed by atoms with Gasteiger partial charge in [0.15, 0.2) is 0 Å². The lowest BCUT2D eigenvalue weighted by molar-refractivity contribution is 0.369. The minimum absolute atomic E-state index is 0.270. The van der Waals surface area contributed by atoms with Crippen LogP contribution < -0.4 is 11.0 Å². The van der Waals surface area contributed by atoms with Crippen molar-refractivity contribution in [3.63, 3.8) is 0 Å². The molecule has 1 aromatic carbocycles. The summed E-state index contributed by atoms with van der Waals surface area (Å²) < 4.78 is 14.0. The number of rotatable bonds is 3. The van der Waals surface area contributed by atoms with Gasteiger partial charge in [0.2, 0.25) is 5.95 Å². The number of aromatic amines is 1. The highest BCUT2D eigenvalue weighted by Gasteiger charge is 2.36. The Kier molecular flexibility index (Phi) is 3.89. The summed E-state index contributed by atoms with van der Waals surface area (Å²) in [7, 11) is 0. The summed E-state index contributed by atoms with van der Waals surface area (Å²) in [5.74, 6) is 1.57. The first-order valence-corrected chi connectivity index (χ1v) is 9.34. The average molecular weight is 365 g/mol. The van der Waals surface area contributed by atoms with Gasteiger partial charge in [-0.15, -0.1) is 0 Å². The molecule has 1 saturated heterocycles. The van der Waals surface area contributed by atoms with Crippen LogP contribution in [0.4, 0.5) is 10.3 Å². The fourth-order valence-electron chi connectivity index (χ4n) is 4.39. The van der Waals surface area contributed by atoms with Crippen molar-refractivity contribution < 1.29 is 4.39 Å². The van der Waals surface area contributed by atoms with E-state index in [2.05, 4.69) is 25.4 Å². The largest absolute Gasteiger partial charge is 0.306 e. The second-order valence-electron chi connectivity index (χ2n) is 7.46. The second kappa shape index (κ2) is 6.42. The van der Waals surface area contributed by atoms with E-state index >= 15 is 0 Å². The summed E-state index contributed by atoms with van der Waals surface area (Å²) in [5, 5.41) is 2.83. The van der Waals surface area contributed by atoms with Gasteiger partial charge in [0.25, 0.3) is 5.56 Å². The van der Waals surface area contributed by atoms with Crippen LogP contribution in [0.1, 0.15) is 19.3 Å². The molecule has 2 aromatic heterocycles. The van der Waals surface area contributed by atoms with Crippen LogP contribution in [0.5, 0.6) is 0 Å². The molecule has 0 amide bonds. The van der Waals surface area contributed by atoms with Gasteiger partial charge in [-0.2, -0.15) is 4.98 Å². The molecular weight excluding hydrogens is 345 g/mol. The van der Waals surface area contributed by atoms with Crippen molar-refractivity contribution in [2.24, 2.45) is 11.8 Å². The third kappa shape index (κ3) is 2.98. The van der Waals surface area contributed by atoms with Crippen molar-refractivity contribution >= 4 is 17.0 Å². The topological polar surface area (TPSA) is 73.9 Å². The van der Waals surface area contributed by atoms with E-state index in [0.717, 1.165) is 24.9 Å². The van der Waals surface area contributed by atoms with Gasteiger partial charge in [-0.3, -0.25) is 10.2 Å². The summed E-state index contributed by atoms with van der Waals surface area (Å²) in [6.45, 7) is 2.02. The highest BCUT2D eigenvalue weighted by Crippen LogP contribution is 2.37. The predicted molar refractivity (Wildman–Crippen MR) is 102 cm³/mol. The Balaban J connectivity index is 1.44. The van der Waals surface area contributed by atoms with Crippen LogP contribution >= 0.6 is 0 Å². The van der Waals surface area contributed by atoms with Crippen molar-refractivity contribution in [2.45, 2.75) is 19.3 Å². The zero-order chi connectivity index (χ0) is 18.4. The number of hydrogen-bond acceptors (Lipinski definition) is 5. The summed E-state index contributed by atoms with van der Waals surface area (Å²) >= 11 is 0. The number of benzene rings is 1. The maximum absolute atomic E-state index is 14.0. The maximum Gasteiger partial charge on any atom is 0.257 e. The number of halogens is 1. The van der Waals surface area contributed by atoms with E-state index in [1.807, 2.05) is 0 Å². The summed E-state index contributed by atoms with van der Waals surface area (Å²) in [4.78, 5) is 24.0. The fourth-order valence-corrected chi connectivity index (χ4v) is 4.39. The SMILES string of the molecule is O=c1[nH]c2nc(NN3CC4CCCC4C3)ncc2cc1-c1ccccc1F. The molecule has 2 atom stereocenters. The summed E-state index contributed by atoms with van der Waals surface area (Å²) in [6.07, 6.45) is 5.59. The van der Waals surface area contributed by atoms with Crippen molar-refractivity contribution in [3.05, 3.63) is 52.7 Å². The predicted octanol–water partition coefficient (Wildman–Crippen LogP) is 3.18. The third-order valence-electron chi connectivity index (χ3n) is 5.74. The lowest BCUT2D eigenvalue weighted by Gasteiger charge is -2.18. The van der Waals surface area contributed by atoms with Crippen LogP contribution in [-0.4, -0.2) is 33.1 Å². The zero-order valence-corrected chi connectivity index (χ0v) is 14.8. The quantitative estimate of drug-likeness (QED) is 0.746. The van der Waals surface area contributed by atoms with Gasteiger partial charge in [0.05, 0.1) is 5.56 Å². The Morgan fingerprint density at radius 3 is 2.70 bits per heavy atom. The van der Waals surface area contributed by atoms with E-state index in [0.29, 0.717) is 17.0 Å². The number of pyridine rings is 1. The summed E-state index contributed by atoms with van der Waals surface area (Å²) in [6, 6.07) is 7.87. The van der Waals surface area contributed by atoms with Gasteiger partial charge in [-0.05, 0) is 36.8 Å². The molecule has 3 aromatic rings. The normalized spacial score (nSPS) is 22.3. The van der Waals surface area contributed by atoms with E-state index in [1.54, 1.807) is 30.5 Å². The Labute approximate surface area is 155 Å². The van der Waals surface area contributed by atoms with E-state index < -0.39 is 5.82 Å². The Hall–Kier alpha value is -2.80. The highest BCUT2D eigenvalue weighted by atomic mass is 19.1. The fraction of sp³-hybridized carbons (Fsp3) is 0.350. The van der Waals surface area contributed by atoms with Crippen molar-refractivity contribution in [2.75, 3.05) is 18.5 Å². The van der Waals surface area contributed by atoms with Gasteiger partial charge in [-0.25, -0.2) is 14.4 Å². The van der Waals surface area contributed by atoms with E-state index in [9.17, 15) is 9.18 Å². The zero-order valence-electron chi connectivity index (χ0n) is 14.8. The molecule has 27 heavy (non-hydrogen) atoms. The lowest BCUT2D eigenvalue weighted by Crippen LogP contribution is -2.29. The van der Waals surface area contributed by atoms with Crippen LogP contribution in [0.15, 0.2) is 41.3 Å². The minimum atomic E-state index is -0.430. The van der Waals surface area contributed by atoms with Crippen molar-refractivity contribution in [3.8, 4) is 11.1 Å². The molecule has 5 rings (SSSR count). The lowest BCUT2D eigenvalue weighted by atomic mass is 10.0. The number of nitrogens with zero attached hydrogens (tertiary/aromatic N) is 3. The van der Waals surface area contributed by atoms with Crippen LogP contribution in [0, 0.1) is 17.7 Å². The number of hydrogen-bond donors (Lipinski definition) is 2. The van der Waals surface area contributed by atoms with E-state index in [1.165, 1.54) is 25.3 Å². The number of nitrogens with one attached hydrogen (secondary N) is 2. The molecule has 0 radical (unpaired) electrons. The first-order valence-electron chi connectivity index (χ1n) is 9.34. The Morgan fingerprint density at radius 1 is 1.15 bits per heavy atom. The van der Waals surface area contributed by atoms with Crippen molar-refractivity contribution in [1.29, 1.82) is 0 Å². The molecule has 2 unspecified atom stereocenters. The minimum Gasteiger partial charge on any atom is -0.306 e. The standard InChI is InChI=1S/C20H20FN5O/c21-17-7-2-1-6-15(17)16-8-14-9-22-20(24-18(14)23-19(16)27)25-26-10-12-4-3-5-13(12)11-26/h1-2,6-9,12-13H,3-5,10-11H2,(H2,22,23,24,25,27). The monoisotopic (exact) mass is 365 g/mol. The van der Waals surface area contributed by atoms with E-state index in [-0.39, 0.29) is 16.7 Å². The van der Waals surface area contributed by atoms with Gasteiger partial charge < -0.3 is 4.98 Å². The van der Waals surface area contributed by atoms with Gasteiger partial charge >= 0.3 is 0 Å². The second-order valence-corrected chi connectivity index (χ2v) is 7.46. The number of H-pyrrole nitrogens is 1. The molecule has 2 N–H and O–H groups in total. The Morgan fingerprint density at radius 2 is 1.93 bits per heavy atom. The molecule has 6 nitrogen and oxygen atoms in total. The van der Waals surface area contributed by atoms with Gasteiger partial charge in [-0.1, -0.05) is 24.6 Å². The molecule has 2 aliphatic rings. The number of hydrazine groups is 1. The van der Waals surface area contributed by atoms with Gasteiger partial charge in [0.1, 0.15) is 11.5 Å². The Bertz CT molecular complexity index is 1050. The third-order valence-corrected chi connectivity index (χ3v) is 5.74. The number of anilines is 1. The highest BCUT2D eigenvalue weighted by molar-refractivity contribution is 5.80. The average Bonchev–Trinajstić information content (AvgIpc) is 3.23. The molecule has 1 saturated carbocycles. The van der Waals surface area contributed by atoms with E-state index in [4.69, 9.17) is 0 Å². The number of aromatic nitrogens is 3. The van der Waals surface area contributed by atoms with Gasteiger partial charge in [0, 0.05) is 30.2 Å². The first-order chi connectivity index (χ1) is 13.2.